The van der Waals surface area contributed by atoms with Crippen LogP contribution in [0.15, 0.2) is 12.3 Å². The summed E-state index contributed by atoms with van der Waals surface area (Å²) in [4.78, 5) is 24.8. The number of nitrogens with zero attached hydrogens (tertiary/aromatic N) is 2. The highest BCUT2D eigenvalue weighted by Crippen LogP contribution is 2.25. The fourth-order valence-corrected chi connectivity index (χ4v) is 1.71. The number of carboxylic acid groups (broad SMARTS) is 1. The van der Waals surface area contributed by atoms with Gasteiger partial charge in [0.1, 0.15) is 18.1 Å². The lowest BCUT2D eigenvalue weighted by molar-refractivity contribution is -0.385. The number of nitrogens with one attached hydrogen (secondary N) is 1. The second-order valence-corrected chi connectivity index (χ2v) is 4.85. The summed E-state index contributed by atoms with van der Waals surface area (Å²) in [6, 6.07) is 0.289. The summed E-state index contributed by atoms with van der Waals surface area (Å²) >= 11 is 5.84. The summed E-state index contributed by atoms with van der Waals surface area (Å²) in [6.07, 6.45) is 1.42. The zero-order valence-corrected chi connectivity index (χ0v) is 11.2. The largest absolute Gasteiger partial charge is 0.480 e. The van der Waals surface area contributed by atoms with Crippen LogP contribution in [0.25, 0.3) is 0 Å². The Morgan fingerprint density at radius 3 is 2.68 bits per heavy atom. The van der Waals surface area contributed by atoms with Crippen LogP contribution in [0.3, 0.4) is 0 Å². The Kier molecular flexibility index (Phi) is 5.05. The summed E-state index contributed by atoms with van der Waals surface area (Å²) < 4.78 is 0. The predicted molar refractivity (Wildman–Crippen MR) is 70.4 cm³/mol. The van der Waals surface area contributed by atoms with Gasteiger partial charge in [-0.1, -0.05) is 25.4 Å². The van der Waals surface area contributed by atoms with Gasteiger partial charge in [-0.25, -0.2) is 9.78 Å². The summed E-state index contributed by atoms with van der Waals surface area (Å²) in [7, 11) is 0. The molecule has 1 atom stereocenters. The second-order valence-electron chi connectivity index (χ2n) is 4.45. The maximum Gasteiger partial charge on any atom is 0.326 e. The molecule has 1 aromatic heterocycles. The molecule has 0 aliphatic heterocycles. The molecule has 0 radical (unpaired) electrons. The molecule has 0 bridgehead atoms. The molecular weight excluding hydrogens is 274 g/mol. The average molecular weight is 288 g/mol. The van der Waals surface area contributed by atoms with Crippen LogP contribution in [-0.2, 0) is 4.79 Å². The molecule has 0 spiro atoms. The van der Waals surface area contributed by atoms with E-state index in [0.29, 0.717) is 6.42 Å². The lowest BCUT2D eigenvalue weighted by atomic mass is 10.0. The number of hydrogen-bond donors (Lipinski definition) is 2. The summed E-state index contributed by atoms with van der Waals surface area (Å²) in [5.41, 5.74) is -0.244. The monoisotopic (exact) mass is 287 g/mol. The van der Waals surface area contributed by atoms with Crippen molar-refractivity contribution in [3.05, 3.63) is 27.4 Å². The Hall–Kier alpha value is -1.89. The molecule has 0 fully saturated rings. The highest BCUT2D eigenvalue weighted by Gasteiger charge is 2.21. The smallest absolute Gasteiger partial charge is 0.326 e. The number of rotatable bonds is 6. The zero-order valence-electron chi connectivity index (χ0n) is 10.5. The zero-order chi connectivity index (χ0) is 14.6. The van der Waals surface area contributed by atoms with E-state index in [1.807, 2.05) is 13.8 Å². The van der Waals surface area contributed by atoms with Crippen LogP contribution in [0.4, 0.5) is 11.5 Å². The molecule has 1 rings (SSSR count). The number of pyridine rings is 1. The highest BCUT2D eigenvalue weighted by molar-refractivity contribution is 6.33. The van der Waals surface area contributed by atoms with Crippen molar-refractivity contribution >= 4 is 29.1 Å². The van der Waals surface area contributed by atoms with Gasteiger partial charge in [0.2, 0.25) is 0 Å². The quantitative estimate of drug-likeness (QED) is 0.615. The summed E-state index contributed by atoms with van der Waals surface area (Å²) in [5.74, 6) is -0.726. The van der Waals surface area contributed by atoms with Gasteiger partial charge >= 0.3 is 5.97 Å². The maximum absolute atomic E-state index is 11.1. The number of hydrogen-bond acceptors (Lipinski definition) is 5. The number of aliphatic carboxylic acids is 1. The number of carbonyl (C=O) groups is 1. The second kappa shape index (κ2) is 6.33. The fourth-order valence-electron chi connectivity index (χ4n) is 1.49. The molecule has 1 aromatic rings. The molecule has 2 N–H and O–H groups in total. The molecule has 0 saturated heterocycles. The summed E-state index contributed by atoms with van der Waals surface area (Å²) in [5, 5.41) is 22.3. The molecule has 104 valence electrons. The van der Waals surface area contributed by atoms with E-state index in [2.05, 4.69) is 10.3 Å². The molecule has 1 heterocycles. The minimum atomic E-state index is -1.02. The van der Waals surface area contributed by atoms with Gasteiger partial charge in [0.15, 0.2) is 0 Å². The van der Waals surface area contributed by atoms with E-state index in [9.17, 15) is 14.9 Å². The Labute approximate surface area is 114 Å². The fraction of sp³-hybridized carbons (Fsp3) is 0.455. The molecule has 1 unspecified atom stereocenters. The predicted octanol–water partition coefficient (Wildman–Crippen LogP) is 2.55. The standard InChI is InChI=1S/C11H14ClN3O4/c1-6(2)3-9(11(16)17)14-10-8(12)4-7(5-13-10)15(18)19/h4-6,9H,3H2,1-2H3,(H,13,14)(H,16,17). The lowest BCUT2D eigenvalue weighted by Gasteiger charge is -2.17. The minimum absolute atomic E-state index is 0.0178. The van der Waals surface area contributed by atoms with E-state index >= 15 is 0 Å². The van der Waals surface area contributed by atoms with Gasteiger partial charge in [0.25, 0.3) is 5.69 Å². The van der Waals surface area contributed by atoms with Crippen molar-refractivity contribution in [2.45, 2.75) is 26.3 Å². The summed E-state index contributed by atoms with van der Waals surface area (Å²) in [6.45, 7) is 3.78. The number of carboxylic acids is 1. The molecular formula is C11H14ClN3O4. The first-order chi connectivity index (χ1) is 8.81. The first kappa shape index (κ1) is 15.2. The number of halogens is 1. The van der Waals surface area contributed by atoms with Crippen molar-refractivity contribution in [1.29, 1.82) is 0 Å². The SMILES string of the molecule is CC(C)CC(Nc1ncc([N+](=O)[O-])cc1Cl)C(=O)O. The van der Waals surface area contributed by atoms with Crippen molar-refractivity contribution in [2.24, 2.45) is 5.92 Å². The third kappa shape index (κ3) is 4.36. The van der Waals surface area contributed by atoms with Crippen molar-refractivity contribution in [2.75, 3.05) is 5.32 Å². The van der Waals surface area contributed by atoms with E-state index in [0.717, 1.165) is 12.3 Å². The first-order valence-corrected chi connectivity index (χ1v) is 5.98. The molecule has 8 heteroatoms. The van der Waals surface area contributed by atoms with Crippen LogP contribution in [0, 0.1) is 16.0 Å². The molecule has 0 aliphatic carbocycles. The third-order valence-electron chi connectivity index (χ3n) is 2.35. The molecule has 19 heavy (non-hydrogen) atoms. The number of aromatic nitrogens is 1. The normalized spacial score (nSPS) is 12.2. The molecule has 0 aliphatic rings. The van der Waals surface area contributed by atoms with Gasteiger partial charge < -0.3 is 10.4 Å². The number of anilines is 1. The average Bonchev–Trinajstić information content (AvgIpc) is 2.29. The Morgan fingerprint density at radius 1 is 1.63 bits per heavy atom. The van der Waals surface area contributed by atoms with Crippen LogP contribution in [0.1, 0.15) is 20.3 Å². The van der Waals surface area contributed by atoms with Crippen molar-refractivity contribution in [3.63, 3.8) is 0 Å². The minimum Gasteiger partial charge on any atom is -0.480 e. The van der Waals surface area contributed by atoms with Gasteiger partial charge in [-0.15, -0.1) is 0 Å². The topological polar surface area (TPSA) is 105 Å². The Bertz CT molecular complexity index is 493. The van der Waals surface area contributed by atoms with E-state index in [4.69, 9.17) is 16.7 Å². The van der Waals surface area contributed by atoms with Crippen LogP contribution >= 0.6 is 11.6 Å². The third-order valence-corrected chi connectivity index (χ3v) is 2.64. The first-order valence-electron chi connectivity index (χ1n) is 5.60. The van der Waals surface area contributed by atoms with Crippen molar-refractivity contribution in [1.82, 2.24) is 4.98 Å². The van der Waals surface area contributed by atoms with Gasteiger partial charge in [-0.3, -0.25) is 10.1 Å². The van der Waals surface area contributed by atoms with E-state index < -0.39 is 16.9 Å². The molecule has 7 nitrogen and oxygen atoms in total. The van der Waals surface area contributed by atoms with Crippen LogP contribution in [0.5, 0.6) is 0 Å². The molecule has 0 amide bonds. The van der Waals surface area contributed by atoms with Crippen LogP contribution in [0.2, 0.25) is 5.02 Å². The van der Waals surface area contributed by atoms with Gasteiger partial charge in [-0.2, -0.15) is 0 Å². The Balaban J connectivity index is 2.91. The molecule has 0 saturated carbocycles. The maximum atomic E-state index is 11.1. The molecule has 0 aromatic carbocycles. The lowest BCUT2D eigenvalue weighted by Crippen LogP contribution is -2.31. The van der Waals surface area contributed by atoms with E-state index in [-0.39, 0.29) is 22.4 Å². The van der Waals surface area contributed by atoms with Crippen molar-refractivity contribution in [3.8, 4) is 0 Å². The van der Waals surface area contributed by atoms with Crippen LogP contribution in [-0.4, -0.2) is 27.0 Å². The number of nitro groups is 1. The van der Waals surface area contributed by atoms with Gasteiger partial charge in [-0.05, 0) is 12.3 Å². The van der Waals surface area contributed by atoms with Crippen LogP contribution < -0.4 is 5.32 Å². The van der Waals surface area contributed by atoms with Crippen molar-refractivity contribution < 1.29 is 14.8 Å². The highest BCUT2D eigenvalue weighted by atomic mass is 35.5. The van der Waals surface area contributed by atoms with Gasteiger partial charge in [0.05, 0.1) is 9.95 Å². The van der Waals surface area contributed by atoms with E-state index in [1.165, 1.54) is 0 Å². The van der Waals surface area contributed by atoms with E-state index in [1.54, 1.807) is 0 Å². The van der Waals surface area contributed by atoms with Gasteiger partial charge in [0, 0.05) is 6.07 Å². The Morgan fingerprint density at radius 2 is 2.26 bits per heavy atom.